The Bertz CT molecular complexity index is 1350. The Kier molecular flexibility index (Phi) is 5.08. The van der Waals surface area contributed by atoms with Crippen LogP contribution in [0.15, 0.2) is 66.7 Å². The topological polar surface area (TPSA) is 98.8 Å². The summed E-state index contributed by atoms with van der Waals surface area (Å²) in [6.07, 6.45) is 0.107. The Morgan fingerprint density at radius 1 is 1.00 bits per heavy atom. The van der Waals surface area contributed by atoms with Crippen molar-refractivity contribution in [2.75, 3.05) is 16.8 Å². The lowest BCUT2D eigenvalue weighted by Gasteiger charge is -2.29. The minimum absolute atomic E-state index is 0.107. The van der Waals surface area contributed by atoms with E-state index in [0.717, 1.165) is 15.7 Å². The normalized spacial score (nSPS) is 22.3. The molecule has 3 aromatic carbocycles. The maximum Gasteiger partial charge on any atom is 0.325 e. The van der Waals surface area contributed by atoms with Crippen molar-refractivity contribution < 1.29 is 19.2 Å². The van der Waals surface area contributed by atoms with Gasteiger partial charge in [-0.25, -0.2) is 4.79 Å². The third-order valence-corrected chi connectivity index (χ3v) is 6.52. The fourth-order valence-corrected chi connectivity index (χ4v) is 4.72. The summed E-state index contributed by atoms with van der Waals surface area (Å²) < 4.78 is 0. The number of hydrogen-bond donors (Lipinski definition) is 2. The molecule has 1 saturated heterocycles. The third kappa shape index (κ3) is 3.48. The van der Waals surface area contributed by atoms with Crippen LogP contribution >= 0.6 is 0 Å². The van der Waals surface area contributed by atoms with Crippen LogP contribution in [-0.4, -0.2) is 41.2 Å². The maximum atomic E-state index is 13.4. The van der Waals surface area contributed by atoms with E-state index in [1.165, 1.54) is 4.90 Å². The lowest BCUT2D eigenvalue weighted by molar-refractivity contribution is -0.134. The number of nitrogens with zero attached hydrogens (tertiary/aromatic N) is 2. The fraction of sp³-hybridized carbons (Fsp3) is 0.231. The molecule has 2 aliphatic heterocycles. The number of rotatable bonds is 3. The monoisotopic (exact) mass is 456 g/mol. The number of fused-ring (bicyclic) bond motifs is 2. The van der Waals surface area contributed by atoms with E-state index in [9.17, 15) is 19.2 Å². The van der Waals surface area contributed by atoms with E-state index in [1.54, 1.807) is 38.1 Å². The number of carbonyl (C=O) groups excluding carboxylic acids is 4. The van der Waals surface area contributed by atoms with Gasteiger partial charge in [0.25, 0.3) is 5.91 Å². The number of amides is 5. The number of imide groups is 1. The zero-order chi connectivity index (χ0) is 24.0. The Morgan fingerprint density at radius 2 is 1.71 bits per heavy atom. The quantitative estimate of drug-likeness (QED) is 0.591. The third-order valence-electron chi connectivity index (χ3n) is 6.52. The standard InChI is InChI=1S/C26H24N4O4/c1-16-13-22(31)27-20-9-5-6-10-21(20)30(16)23(32)15-29-24(33)26(2,28-25(29)34)19-12-11-17-7-3-4-8-18(17)14-19/h3-12,14,16H,13,15H2,1-2H3,(H,27,31)(H,28,34)/t16-,26+/m1/s1. The van der Waals surface area contributed by atoms with Crippen LogP contribution in [0, 0.1) is 0 Å². The van der Waals surface area contributed by atoms with E-state index in [-0.39, 0.29) is 12.3 Å². The Morgan fingerprint density at radius 3 is 2.50 bits per heavy atom. The van der Waals surface area contributed by atoms with Gasteiger partial charge in [0.2, 0.25) is 11.8 Å². The fourth-order valence-electron chi connectivity index (χ4n) is 4.72. The summed E-state index contributed by atoms with van der Waals surface area (Å²) in [5.41, 5.74) is 0.405. The minimum Gasteiger partial charge on any atom is -0.324 e. The van der Waals surface area contributed by atoms with Crippen molar-refractivity contribution in [2.45, 2.75) is 31.8 Å². The summed E-state index contributed by atoms with van der Waals surface area (Å²) in [7, 11) is 0. The van der Waals surface area contributed by atoms with Crippen molar-refractivity contribution in [2.24, 2.45) is 0 Å². The van der Waals surface area contributed by atoms with Gasteiger partial charge in [0.1, 0.15) is 12.1 Å². The maximum absolute atomic E-state index is 13.4. The second-order valence-corrected chi connectivity index (χ2v) is 8.89. The predicted octanol–water partition coefficient (Wildman–Crippen LogP) is 3.37. The first kappa shape index (κ1) is 21.6. The molecule has 0 radical (unpaired) electrons. The van der Waals surface area contributed by atoms with Gasteiger partial charge in [-0.2, -0.15) is 0 Å². The molecule has 5 rings (SSSR count). The average molecular weight is 457 g/mol. The van der Waals surface area contributed by atoms with E-state index in [2.05, 4.69) is 10.6 Å². The van der Waals surface area contributed by atoms with Crippen molar-refractivity contribution >= 4 is 45.9 Å². The molecule has 1 fully saturated rings. The molecule has 5 amide bonds. The molecule has 2 atom stereocenters. The molecular weight excluding hydrogens is 432 g/mol. The first-order chi connectivity index (χ1) is 16.3. The molecule has 34 heavy (non-hydrogen) atoms. The molecule has 2 aliphatic rings. The van der Waals surface area contributed by atoms with Gasteiger partial charge < -0.3 is 15.5 Å². The van der Waals surface area contributed by atoms with Gasteiger partial charge in [-0.1, -0.05) is 48.5 Å². The first-order valence-electron chi connectivity index (χ1n) is 11.1. The molecule has 0 bridgehead atoms. The molecule has 2 N–H and O–H groups in total. The highest BCUT2D eigenvalue weighted by atomic mass is 16.2. The molecule has 0 saturated carbocycles. The molecule has 172 valence electrons. The van der Waals surface area contributed by atoms with E-state index >= 15 is 0 Å². The SMILES string of the molecule is C[C@@H]1CC(=O)Nc2ccccc2N1C(=O)CN1C(=O)N[C@@](C)(c2ccc3ccccc3c2)C1=O. The molecule has 0 spiro atoms. The summed E-state index contributed by atoms with van der Waals surface area (Å²) in [5, 5.41) is 7.55. The summed E-state index contributed by atoms with van der Waals surface area (Å²) in [5.74, 6) is -1.14. The van der Waals surface area contributed by atoms with Crippen LogP contribution in [0.5, 0.6) is 0 Å². The van der Waals surface area contributed by atoms with Gasteiger partial charge >= 0.3 is 6.03 Å². The van der Waals surface area contributed by atoms with Crippen LogP contribution in [0.3, 0.4) is 0 Å². The Hall–Kier alpha value is -4.20. The molecule has 2 heterocycles. The molecule has 8 nitrogen and oxygen atoms in total. The molecule has 0 aromatic heterocycles. The van der Waals surface area contributed by atoms with E-state index in [0.29, 0.717) is 16.9 Å². The second-order valence-electron chi connectivity index (χ2n) is 8.89. The van der Waals surface area contributed by atoms with Crippen molar-refractivity contribution in [3.05, 3.63) is 72.3 Å². The largest absolute Gasteiger partial charge is 0.325 e. The van der Waals surface area contributed by atoms with Crippen LogP contribution < -0.4 is 15.5 Å². The summed E-state index contributed by atoms with van der Waals surface area (Å²) in [6.45, 7) is 2.99. The summed E-state index contributed by atoms with van der Waals surface area (Å²) >= 11 is 0. The van der Waals surface area contributed by atoms with Gasteiger partial charge in [-0.05, 0) is 48.4 Å². The van der Waals surface area contributed by atoms with Crippen LogP contribution in [-0.2, 0) is 19.9 Å². The summed E-state index contributed by atoms with van der Waals surface area (Å²) in [4.78, 5) is 54.4. The van der Waals surface area contributed by atoms with Crippen LogP contribution in [0.2, 0.25) is 0 Å². The van der Waals surface area contributed by atoms with E-state index < -0.39 is 36.0 Å². The highest BCUT2D eigenvalue weighted by Gasteiger charge is 2.50. The highest BCUT2D eigenvalue weighted by Crippen LogP contribution is 2.33. The van der Waals surface area contributed by atoms with Crippen molar-refractivity contribution in [1.82, 2.24) is 10.2 Å². The molecule has 0 aliphatic carbocycles. The lowest BCUT2D eigenvalue weighted by atomic mass is 9.90. The Labute approximate surface area is 196 Å². The molecule has 8 heteroatoms. The van der Waals surface area contributed by atoms with Crippen molar-refractivity contribution in [1.29, 1.82) is 0 Å². The van der Waals surface area contributed by atoms with Crippen LogP contribution in [0.1, 0.15) is 25.8 Å². The minimum atomic E-state index is -1.29. The van der Waals surface area contributed by atoms with Crippen LogP contribution in [0.25, 0.3) is 10.8 Å². The number of para-hydroxylation sites is 2. The van der Waals surface area contributed by atoms with Gasteiger partial charge in [0.05, 0.1) is 11.4 Å². The van der Waals surface area contributed by atoms with Crippen LogP contribution in [0.4, 0.5) is 16.2 Å². The average Bonchev–Trinajstić information content (AvgIpc) is 2.95. The second kappa shape index (κ2) is 7.98. The van der Waals surface area contributed by atoms with E-state index in [4.69, 9.17) is 0 Å². The van der Waals surface area contributed by atoms with E-state index in [1.807, 2.05) is 42.5 Å². The zero-order valence-electron chi connectivity index (χ0n) is 18.9. The zero-order valence-corrected chi connectivity index (χ0v) is 18.9. The van der Waals surface area contributed by atoms with Gasteiger partial charge in [0, 0.05) is 12.5 Å². The van der Waals surface area contributed by atoms with Gasteiger partial charge in [-0.3, -0.25) is 19.3 Å². The predicted molar refractivity (Wildman–Crippen MR) is 128 cm³/mol. The molecule has 0 unspecified atom stereocenters. The number of urea groups is 1. The number of carbonyl (C=O) groups is 4. The van der Waals surface area contributed by atoms with Crippen molar-refractivity contribution in [3.8, 4) is 0 Å². The first-order valence-corrected chi connectivity index (χ1v) is 11.1. The number of hydrogen-bond acceptors (Lipinski definition) is 4. The number of nitrogens with one attached hydrogen (secondary N) is 2. The lowest BCUT2D eigenvalue weighted by Crippen LogP contribution is -2.47. The van der Waals surface area contributed by atoms with Crippen molar-refractivity contribution in [3.63, 3.8) is 0 Å². The highest BCUT2D eigenvalue weighted by molar-refractivity contribution is 6.12. The van der Waals surface area contributed by atoms with Gasteiger partial charge in [-0.15, -0.1) is 0 Å². The number of anilines is 2. The number of benzene rings is 3. The summed E-state index contributed by atoms with van der Waals surface area (Å²) in [6, 6.07) is 19.3. The Balaban J connectivity index is 1.43. The van der Waals surface area contributed by atoms with Gasteiger partial charge in [0.15, 0.2) is 0 Å². The molecular formula is C26H24N4O4. The molecule has 3 aromatic rings. The smallest absolute Gasteiger partial charge is 0.324 e.